The third kappa shape index (κ3) is 2.75. The number of rotatable bonds is 4. The Kier molecular flexibility index (Phi) is 3.77. The van der Waals surface area contributed by atoms with Crippen LogP contribution in [0.3, 0.4) is 0 Å². The molecule has 1 atom stereocenters. The van der Waals surface area contributed by atoms with Crippen molar-refractivity contribution in [3.63, 3.8) is 0 Å². The van der Waals surface area contributed by atoms with Crippen LogP contribution in [0.1, 0.15) is 36.8 Å². The lowest BCUT2D eigenvalue weighted by molar-refractivity contribution is -0.108. The largest absolute Gasteiger partial charge is 0.508 e. The summed E-state index contributed by atoms with van der Waals surface area (Å²) in [6, 6.07) is 3.66. The zero-order chi connectivity index (χ0) is 11.4. The van der Waals surface area contributed by atoms with Crippen molar-refractivity contribution >= 4 is 6.29 Å². The summed E-state index contributed by atoms with van der Waals surface area (Å²) in [6.07, 6.45) is -1.65. The maximum Gasteiger partial charge on any atom is 0.263 e. The smallest absolute Gasteiger partial charge is 0.263 e. The van der Waals surface area contributed by atoms with Crippen molar-refractivity contribution in [2.75, 3.05) is 0 Å². The fraction of sp³-hybridized carbons (Fsp3) is 0.364. The second-order valence-corrected chi connectivity index (χ2v) is 3.42. The first-order valence-corrected chi connectivity index (χ1v) is 4.60. The quantitative estimate of drug-likeness (QED) is 0.782. The summed E-state index contributed by atoms with van der Waals surface area (Å²) in [5.41, 5.74) is 0.250. The summed E-state index contributed by atoms with van der Waals surface area (Å²) >= 11 is 0. The molecule has 2 nitrogen and oxygen atoms in total. The molecule has 0 heterocycles. The number of carbonyl (C=O) groups excluding carboxylic acids is 1. The van der Waals surface area contributed by atoms with Crippen LogP contribution in [0.25, 0.3) is 0 Å². The van der Waals surface area contributed by atoms with Crippen LogP contribution in [-0.4, -0.2) is 11.4 Å². The summed E-state index contributed by atoms with van der Waals surface area (Å²) in [6.45, 7) is 1.71. The van der Waals surface area contributed by atoms with E-state index >= 15 is 0 Å². The van der Waals surface area contributed by atoms with Crippen molar-refractivity contribution in [1.29, 1.82) is 0 Å². The molecule has 0 aliphatic carbocycles. The van der Waals surface area contributed by atoms with Crippen LogP contribution in [0.15, 0.2) is 18.2 Å². The van der Waals surface area contributed by atoms with E-state index in [4.69, 9.17) is 0 Å². The van der Waals surface area contributed by atoms with Gasteiger partial charge in [0.05, 0.1) is 0 Å². The molecule has 0 radical (unpaired) electrons. The number of alkyl halides is 2. The Morgan fingerprint density at radius 1 is 1.47 bits per heavy atom. The Bertz CT molecular complexity index is 350. The highest BCUT2D eigenvalue weighted by molar-refractivity contribution is 5.53. The first-order valence-electron chi connectivity index (χ1n) is 4.60. The molecule has 1 unspecified atom stereocenters. The number of aromatic hydroxyl groups is 1. The SMILES string of the molecule is CC(CC=O)c1cc(C(F)F)ccc1O. The number of hydrogen-bond donors (Lipinski definition) is 1. The van der Waals surface area contributed by atoms with Crippen molar-refractivity contribution in [3.8, 4) is 5.75 Å². The topological polar surface area (TPSA) is 37.3 Å². The van der Waals surface area contributed by atoms with Gasteiger partial charge in [0.25, 0.3) is 6.43 Å². The number of phenolic OH excluding ortho intramolecular Hbond substituents is 1. The molecule has 0 aliphatic heterocycles. The fourth-order valence-electron chi connectivity index (χ4n) is 1.37. The molecule has 0 bridgehead atoms. The number of carbonyl (C=O) groups is 1. The summed E-state index contributed by atoms with van der Waals surface area (Å²) in [7, 11) is 0. The van der Waals surface area contributed by atoms with Gasteiger partial charge >= 0.3 is 0 Å². The third-order valence-electron chi connectivity index (χ3n) is 2.28. The molecule has 0 fully saturated rings. The average molecular weight is 214 g/mol. The predicted molar refractivity (Wildman–Crippen MR) is 52.2 cm³/mol. The van der Waals surface area contributed by atoms with Gasteiger partial charge in [-0.25, -0.2) is 8.78 Å². The van der Waals surface area contributed by atoms with Gasteiger partial charge in [-0.05, 0) is 29.7 Å². The van der Waals surface area contributed by atoms with E-state index in [1.807, 2.05) is 0 Å². The van der Waals surface area contributed by atoms with Crippen LogP contribution < -0.4 is 0 Å². The number of phenols is 1. The molecule has 15 heavy (non-hydrogen) atoms. The summed E-state index contributed by atoms with van der Waals surface area (Å²) in [4.78, 5) is 10.3. The lowest BCUT2D eigenvalue weighted by Crippen LogP contribution is -1.97. The van der Waals surface area contributed by atoms with E-state index in [1.54, 1.807) is 6.92 Å². The number of halogens is 2. The second kappa shape index (κ2) is 4.87. The highest BCUT2D eigenvalue weighted by atomic mass is 19.3. The molecule has 1 aromatic rings. The van der Waals surface area contributed by atoms with E-state index in [2.05, 4.69) is 0 Å². The first-order chi connectivity index (χ1) is 7.06. The number of benzene rings is 1. The molecule has 82 valence electrons. The first kappa shape index (κ1) is 11.6. The Labute approximate surface area is 86.5 Å². The molecular formula is C11H12F2O2. The minimum Gasteiger partial charge on any atom is -0.508 e. The Balaban J connectivity index is 3.04. The van der Waals surface area contributed by atoms with Crippen LogP contribution >= 0.6 is 0 Å². The molecular weight excluding hydrogens is 202 g/mol. The van der Waals surface area contributed by atoms with Gasteiger partial charge < -0.3 is 9.90 Å². The normalized spacial score (nSPS) is 12.8. The molecule has 0 aromatic heterocycles. The minimum atomic E-state index is -2.56. The minimum absolute atomic E-state index is 0.0475. The Morgan fingerprint density at radius 3 is 2.67 bits per heavy atom. The molecule has 0 spiro atoms. The van der Waals surface area contributed by atoms with Crippen molar-refractivity contribution in [2.45, 2.75) is 25.7 Å². The van der Waals surface area contributed by atoms with Crippen molar-refractivity contribution in [1.82, 2.24) is 0 Å². The van der Waals surface area contributed by atoms with Crippen LogP contribution in [0.4, 0.5) is 8.78 Å². The van der Waals surface area contributed by atoms with Crippen molar-refractivity contribution in [2.24, 2.45) is 0 Å². The zero-order valence-electron chi connectivity index (χ0n) is 8.28. The van der Waals surface area contributed by atoms with Crippen LogP contribution in [0.2, 0.25) is 0 Å². The average Bonchev–Trinajstić information content (AvgIpc) is 2.18. The van der Waals surface area contributed by atoms with Gasteiger partial charge in [0, 0.05) is 12.0 Å². The zero-order valence-corrected chi connectivity index (χ0v) is 8.28. The number of hydrogen-bond acceptors (Lipinski definition) is 2. The third-order valence-corrected chi connectivity index (χ3v) is 2.28. The van der Waals surface area contributed by atoms with Gasteiger partial charge in [0.1, 0.15) is 12.0 Å². The Morgan fingerprint density at radius 2 is 2.13 bits per heavy atom. The lowest BCUT2D eigenvalue weighted by Gasteiger charge is -2.12. The van der Waals surface area contributed by atoms with Gasteiger partial charge in [-0.15, -0.1) is 0 Å². The molecule has 0 saturated carbocycles. The van der Waals surface area contributed by atoms with E-state index in [9.17, 15) is 18.7 Å². The standard InChI is InChI=1S/C11H12F2O2/c1-7(4-5-14)9-6-8(11(12)13)2-3-10(9)15/h2-3,5-7,11,15H,4H2,1H3. The predicted octanol–water partition coefficient (Wildman–Crippen LogP) is 3.02. The summed E-state index contributed by atoms with van der Waals surface area (Å²) in [5, 5.41) is 9.45. The molecule has 0 amide bonds. The van der Waals surface area contributed by atoms with E-state index in [0.717, 1.165) is 0 Å². The lowest BCUT2D eigenvalue weighted by atomic mass is 9.96. The molecule has 1 aromatic carbocycles. The molecule has 1 rings (SSSR count). The van der Waals surface area contributed by atoms with Crippen molar-refractivity contribution in [3.05, 3.63) is 29.3 Å². The molecule has 4 heteroatoms. The highest BCUT2D eigenvalue weighted by Gasteiger charge is 2.14. The van der Waals surface area contributed by atoms with Crippen LogP contribution in [0, 0.1) is 0 Å². The van der Waals surface area contributed by atoms with E-state index in [-0.39, 0.29) is 23.7 Å². The van der Waals surface area contributed by atoms with Gasteiger partial charge in [-0.3, -0.25) is 0 Å². The van der Waals surface area contributed by atoms with Gasteiger partial charge in [-0.2, -0.15) is 0 Å². The second-order valence-electron chi connectivity index (χ2n) is 3.42. The van der Waals surface area contributed by atoms with E-state index < -0.39 is 6.43 Å². The van der Waals surface area contributed by atoms with Gasteiger partial charge in [0.15, 0.2) is 0 Å². The van der Waals surface area contributed by atoms with Crippen LogP contribution in [0.5, 0.6) is 5.75 Å². The molecule has 0 aliphatic rings. The van der Waals surface area contributed by atoms with Gasteiger partial charge in [0.2, 0.25) is 0 Å². The maximum absolute atomic E-state index is 12.4. The van der Waals surface area contributed by atoms with Gasteiger partial charge in [-0.1, -0.05) is 6.92 Å². The maximum atomic E-state index is 12.4. The highest BCUT2D eigenvalue weighted by Crippen LogP contribution is 2.31. The monoisotopic (exact) mass is 214 g/mol. The molecule has 0 saturated heterocycles. The van der Waals surface area contributed by atoms with E-state index in [1.165, 1.54) is 18.2 Å². The fourth-order valence-corrected chi connectivity index (χ4v) is 1.37. The van der Waals surface area contributed by atoms with E-state index in [0.29, 0.717) is 11.8 Å². The number of aldehydes is 1. The van der Waals surface area contributed by atoms with Crippen LogP contribution in [-0.2, 0) is 4.79 Å². The summed E-state index contributed by atoms with van der Waals surface area (Å²) < 4.78 is 24.8. The Hall–Kier alpha value is -1.45. The molecule has 1 N–H and O–H groups in total. The summed E-state index contributed by atoms with van der Waals surface area (Å²) in [5.74, 6) is -0.296. The van der Waals surface area contributed by atoms with Crippen molar-refractivity contribution < 1.29 is 18.7 Å².